The molecule has 8 heteroatoms. The average molecular weight is 417 g/mol. The molecule has 3 aromatic carbocycles. The fourth-order valence-electron chi connectivity index (χ4n) is 3.43. The number of hydrogen-bond acceptors (Lipinski definition) is 3. The van der Waals surface area contributed by atoms with Crippen LogP contribution in [-0.2, 0) is 19.9 Å². The first-order valence-electron chi connectivity index (χ1n) is 8.91. The number of carbonyl (C=O) groups excluding carboxylic acids is 1. The number of ether oxygens (including phenoxy) is 1. The molecule has 2 atom stereocenters. The Balaban J connectivity index is 2.10. The second-order valence-electron chi connectivity index (χ2n) is 6.56. The first-order valence-corrected chi connectivity index (χ1v) is 8.91. The van der Waals surface area contributed by atoms with Gasteiger partial charge in [0.25, 0.3) is 11.5 Å². The first-order chi connectivity index (χ1) is 14.2. The second-order valence-corrected chi connectivity index (χ2v) is 6.56. The summed E-state index contributed by atoms with van der Waals surface area (Å²) in [5.41, 5.74) is -3.67. The van der Waals surface area contributed by atoms with Crippen LogP contribution in [0.2, 0.25) is 0 Å². The summed E-state index contributed by atoms with van der Waals surface area (Å²) >= 11 is 0. The van der Waals surface area contributed by atoms with E-state index in [2.05, 4.69) is 0 Å². The van der Waals surface area contributed by atoms with Gasteiger partial charge in [-0.15, -0.1) is 0 Å². The summed E-state index contributed by atoms with van der Waals surface area (Å²) < 4.78 is 47.0. The number of fused-ring (bicyclic) bond motifs is 1. The zero-order valence-corrected chi connectivity index (χ0v) is 15.8. The second kappa shape index (κ2) is 8.16. The predicted molar refractivity (Wildman–Crippen MR) is 104 cm³/mol. The molecule has 1 amide bonds. The van der Waals surface area contributed by atoms with Gasteiger partial charge >= 0.3 is 12.1 Å². The van der Waals surface area contributed by atoms with Gasteiger partial charge in [0.15, 0.2) is 6.04 Å². The number of rotatable bonds is 6. The van der Waals surface area contributed by atoms with E-state index in [0.717, 1.165) is 19.2 Å². The molecule has 0 saturated carbocycles. The van der Waals surface area contributed by atoms with Gasteiger partial charge in [-0.3, -0.25) is 4.79 Å². The van der Waals surface area contributed by atoms with E-state index in [9.17, 15) is 27.9 Å². The number of benzene rings is 3. The molecule has 30 heavy (non-hydrogen) atoms. The number of carboxylic acid groups (broad SMARTS) is 1. The van der Waals surface area contributed by atoms with E-state index in [1.54, 1.807) is 36.4 Å². The van der Waals surface area contributed by atoms with Crippen LogP contribution in [0.5, 0.6) is 0 Å². The number of hydrogen-bond donors (Lipinski definition) is 2. The Kier molecular flexibility index (Phi) is 5.80. The highest BCUT2D eigenvalue weighted by Crippen LogP contribution is 2.42. The summed E-state index contributed by atoms with van der Waals surface area (Å²) in [5.74, 6) is -3.12. The minimum absolute atomic E-state index is 0.161. The third-order valence-electron chi connectivity index (χ3n) is 4.86. The Morgan fingerprint density at radius 1 is 0.933 bits per heavy atom. The Morgan fingerprint density at radius 3 is 2.13 bits per heavy atom. The highest BCUT2D eigenvalue weighted by atomic mass is 19.4. The van der Waals surface area contributed by atoms with Gasteiger partial charge in [-0.1, -0.05) is 72.8 Å². The van der Waals surface area contributed by atoms with Crippen molar-refractivity contribution in [1.29, 1.82) is 0 Å². The zero-order valence-electron chi connectivity index (χ0n) is 15.8. The fourth-order valence-corrected chi connectivity index (χ4v) is 3.43. The van der Waals surface area contributed by atoms with Gasteiger partial charge in [0.05, 0.1) is 0 Å². The third kappa shape index (κ3) is 3.61. The maximum Gasteiger partial charge on any atom is 0.430 e. The topological polar surface area (TPSA) is 75.6 Å². The Morgan fingerprint density at radius 2 is 1.53 bits per heavy atom. The normalized spacial score (nSPS) is 14.7. The molecular weight excluding hydrogens is 399 g/mol. The van der Waals surface area contributed by atoms with Crippen molar-refractivity contribution in [1.82, 2.24) is 5.32 Å². The van der Waals surface area contributed by atoms with Crippen molar-refractivity contribution in [3.63, 3.8) is 0 Å². The molecule has 3 rings (SSSR count). The third-order valence-corrected chi connectivity index (χ3v) is 4.86. The molecule has 3 aromatic rings. The van der Waals surface area contributed by atoms with E-state index in [-0.39, 0.29) is 5.56 Å². The Labute approximate surface area is 170 Å². The van der Waals surface area contributed by atoms with E-state index >= 15 is 0 Å². The number of aliphatic carboxylic acids is 1. The van der Waals surface area contributed by atoms with Crippen LogP contribution in [0, 0.1) is 0 Å². The van der Waals surface area contributed by atoms with Crippen molar-refractivity contribution in [3.05, 3.63) is 83.9 Å². The van der Waals surface area contributed by atoms with Gasteiger partial charge in [0.2, 0.25) is 0 Å². The first kappa shape index (κ1) is 21.3. The van der Waals surface area contributed by atoms with E-state index in [1.165, 1.54) is 24.3 Å². The van der Waals surface area contributed by atoms with Crippen LogP contribution in [-0.4, -0.2) is 30.3 Å². The van der Waals surface area contributed by atoms with Gasteiger partial charge in [0.1, 0.15) is 0 Å². The number of amides is 1. The summed E-state index contributed by atoms with van der Waals surface area (Å²) in [5, 5.41) is 12.9. The lowest BCUT2D eigenvalue weighted by Crippen LogP contribution is -2.57. The number of alkyl halides is 3. The molecule has 0 aromatic heterocycles. The quantitative estimate of drug-likeness (QED) is 0.631. The number of carboxylic acids is 1. The van der Waals surface area contributed by atoms with Crippen LogP contribution in [0.1, 0.15) is 17.2 Å². The number of methoxy groups -OCH3 is 1. The summed E-state index contributed by atoms with van der Waals surface area (Å²) in [7, 11) is 0.758. The monoisotopic (exact) mass is 417 g/mol. The van der Waals surface area contributed by atoms with Gasteiger partial charge in [-0.2, -0.15) is 13.2 Å². The largest absolute Gasteiger partial charge is 0.479 e. The minimum atomic E-state index is -5.14. The van der Waals surface area contributed by atoms with Crippen LogP contribution >= 0.6 is 0 Å². The van der Waals surface area contributed by atoms with E-state index in [4.69, 9.17) is 4.74 Å². The fraction of sp³-hybridized carbons (Fsp3) is 0.182. The lowest BCUT2D eigenvalue weighted by Gasteiger charge is -2.34. The molecule has 0 saturated heterocycles. The summed E-state index contributed by atoms with van der Waals surface area (Å²) in [4.78, 5) is 24.9. The maximum absolute atomic E-state index is 14.1. The van der Waals surface area contributed by atoms with E-state index < -0.39 is 35.3 Å². The molecule has 0 radical (unpaired) electrons. The van der Waals surface area contributed by atoms with Crippen LogP contribution in [0.4, 0.5) is 13.2 Å². The molecule has 156 valence electrons. The molecule has 0 aliphatic rings. The smallest absolute Gasteiger partial charge is 0.430 e. The molecule has 0 aliphatic heterocycles. The van der Waals surface area contributed by atoms with E-state index in [0.29, 0.717) is 10.8 Å². The van der Waals surface area contributed by atoms with Crippen LogP contribution < -0.4 is 5.32 Å². The van der Waals surface area contributed by atoms with Crippen molar-refractivity contribution in [3.8, 4) is 0 Å². The molecule has 0 heterocycles. The summed E-state index contributed by atoms with van der Waals surface area (Å²) in [6, 6.07) is 16.2. The minimum Gasteiger partial charge on any atom is -0.479 e. The van der Waals surface area contributed by atoms with Crippen molar-refractivity contribution in [2.75, 3.05) is 7.11 Å². The molecule has 5 nitrogen and oxygen atoms in total. The van der Waals surface area contributed by atoms with E-state index in [1.807, 2.05) is 5.32 Å². The molecule has 0 bridgehead atoms. The van der Waals surface area contributed by atoms with Crippen molar-refractivity contribution < 1.29 is 32.6 Å². The number of nitrogens with one attached hydrogen (secondary N) is 1. The molecule has 0 fully saturated rings. The molecular formula is C22H18F3NO4. The average Bonchev–Trinajstić information content (AvgIpc) is 2.72. The van der Waals surface area contributed by atoms with Crippen molar-refractivity contribution in [2.24, 2.45) is 0 Å². The predicted octanol–water partition coefficient (Wildman–Crippen LogP) is 4.19. The SMILES string of the molecule is COC(C(=O)N[C@@H](C(=O)O)c1cccc2ccccc12)(c1ccccc1)C(F)(F)F. The number of carbonyl (C=O) groups is 2. The molecule has 1 unspecified atom stereocenters. The zero-order chi connectivity index (χ0) is 21.9. The van der Waals surface area contributed by atoms with Crippen molar-refractivity contribution in [2.45, 2.75) is 17.8 Å². The Hall–Kier alpha value is -3.39. The molecule has 0 aliphatic carbocycles. The molecule has 2 N–H and O–H groups in total. The van der Waals surface area contributed by atoms with Gasteiger partial charge < -0.3 is 15.2 Å². The Bertz CT molecular complexity index is 1060. The van der Waals surface area contributed by atoms with Gasteiger partial charge in [-0.25, -0.2) is 4.79 Å². The van der Waals surface area contributed by atoms with Gasteiger partial charge in [-0.05, 0) is 16.3 Å². The lowest BCUT2D eigenvalue weighted by atomic mass is 9.90. The van der Waals surface area contributed by atoms with Gasteiger partial charge in [0, 0.05) is 12.7 Å². The van der Waals surface area contributed by atoms with Crippen LogP contribution in [0.3, 0.4) is 0 Å². The highest BCUT2D eigenvalue weighted by molar-refractivity contribution is 5.95. The number of halogens is 3. The molecule has 0 spiro atoms. The highest BCUT2D eigenvalue weighted by Gasteiger charge is 2.63. The summed E-state index contributed by atoms with van der Waals surface area (Å²) in [6.07, 6.45) is -5.14. The standard InChI is InChI=1S/C22H18F3NO4/c1-30-21(22(23,24)25,15-10-3-2-4-11-15)20(29)26-18(19(27)28)17-13-7-9-14-8-5-6-12-16(14)17/h2-13,18H,1H3,(H,26,29)(H,27,28)/t18-,21?/m1/s1. The maximum atomic E-state index is 14.1. The lowest BCUT2D eigenvalue weighted by molar-refractivity contribution is -0.266. The van der Waals surface area contributed by atoms with Crippen molar-refractivity contribution >= 4 is 22.6 Å². The van der Waals surface area contributed by atoms with Crippen LogP contribution in [0.15, 0.2) is 72.8 Å². The van der Waals surface area contributed by atoms with Crippen LogP contribution in [0.25, 0.3) is 10.8 Å². The summed E-state index contributed by atoms with van der Waals surface area (Å²) in [6.45, 7) is 0.